The highest BCUT2D eigenvalue weighted by atomic mass is 79.9. The predicted octanol–water partition coefficient (Wildman–Crippen LogP) is 5.30. The molecule has 0 spiro atoms. The largest absolute Gasteiger partial charge is 0.494 e. The van der Waals surface area contributed by atoms with Crippen LogP contribution in [0, 0.1) is 6.92 Å². The van der Waals surface area contributed by atoms with E-state index in [-0.39, 0.29) is 17.3 Å². The van der Waals surface area contributed by atoms with Gasteiger partial charge in [0.1, 0.15) is 18.3 Å². The van der Waals surface area contributed by atoms with Gasteiger partial charge in [-0.2, -0.15) is 0 Å². The van der Waals surface area contributed by atoms with Crippen LogP contribution in [0.4, 0.5) is 5.69 Å². The first-order valence-electron chi connectivity index (χ1n) is 13.2. The Balaban J connectivity index is 2.05. The van der Waals surface area contributed by atoms with E-state index in [1.165, 1.54) is 17.0 Å². The lowest BCUT2D eigenvalue weighted by molar-refractivity contribution is -0.140. The summed E-state index contributed by atoms with van der Waals surface area (Å²) in [5.41, 5.74) is 2.21. The molecule has 8 nitrogen and oxygen atoms in total. The quantitative estimate of drug-likeness (QED) is 0.277. The number of carbonyl (C=O) groups excluding carboxylic acids is 2. The number of benzene rings is 3. The Morgan fingerprint density at radius 3 is 2.10 bits per heavy atom. The molecule has 0 bridgehead atoms. The number of hydrogen-bond acceptors (Lipinski definition) is 5. The number of likely N-dealkylation sites (N-methyl/N-ethyl adjacent to an activating group) is 1. The van der Waals surface area contributed by atoms with Gasteiger partial charge >= 0.3 is 0 Å². The van der Waals surface area contributed by atoms with Crippen molar-refractivity contribution in [2.45, 2.75) is 51.6 Å². The molecule has 3 aromatic rings. The van der Waals surface area contributed by atoms with Crippen LogP contribution in [-0.2, 0) is 26.2 Å². The van der Waals surface area contributed by atoms with Crippen molar-refractivity contribution in [3.8, 4) is 5.75 Å². The minimum atomic E-state index is -4.14. The van der Waals surface area contributed by atoms with Crippen LogP contribution in [-0.4, -0.2) is 50.9 Å². The molecule has 2 amide bonds. The van der Waals surface area contributed by atoms with E-state index in [4.69, 9.17) is 4.74 Å². The van der Waals surface area contributed by atoms with Gasteiger partial charge in [0.05, 0.1) is 17.2 Å². The molecule has 214 valence electrons. The number of aryl methyl sites for hydroxylation is 1. The second-order valence-electron chi connectivity index (χ2n) is 9.22. The molecule has 0 aromatic heterocycles. The van der Waals surface area contributed by atoms with Crippen molar-refractivity contribution in [1.29, 1.82) is 0 Å². The molecule has 10 heteroatoms. The van der Waals surface area contributed by atoms with E-state index in [1.54, 1.807) is 36.4 Å². The zero-order chi connectivity index (χ0) is 29.3. The molecule has 0 heterocycles. The summed E-state index contributed by atoms with van der Waals surface area (Å²) in [5, 5.41) is 2.81. The maximum absolute atomic E-state index is 14.0. The number of anilines is 1. The van der Waals surface area contributed by atoms with Gasteiger partial charge in [-0.3, -0.25) is 13.9 Å². The normalized spacial score (nSPS) is 11.9. The zero-order valence-corrected chi connectivity index (χ0v) is 25.7. The van der Waals surface area contributed by atoms with Crippen molar-refractivity contribution in [3.63, 3.8) is 0 Å². The zero-order valence-electron chi connectivity index (χ0n) is 23.3. The van der Waals surface area contributed by atoms with E-state index in [9.17, 15) is 18.0 Å². The van der Waals surface area contributed by atoms with Gasteiger partial charge in [-0.15, -0.1) is 0 Å². The molecule has 0 saturated carbocycles. The van der Waals surface area contributed by atoms with Gasteiger partial charge in [0.15, 0.2) is 0 Å². The standard InChI is InChI=1S/C30H36BrN3O5S/c1-5-28(30(36)32-6-2)33(20-23-10-8-22(4)9-11-23)29(35)21-34(25-14-16-26(17-15-25)39-7-3)40(37,38)27-18-12-24(31)13-19-27/h8-19,28H,5-7,20-21H2,1-4H3,(H,32,36). The van der Waals surface area contributed by atoms with Crippen LogP contribution in [0.1, 0.15) is 38.3 Å². The Labute approximate surface area is 245 Å². The van der Waals surface area contributed by atoms with Gasteiger partial charge in [-0.25, -0.2) is 8.42 Å². The molecule has 40 heavy (non-hydrogen) atoms. The highest BCUT2D eigenvalue weighted by Gasteiger charge is 2.33. The average Bonchev–Trinajstić information content (AvgIpc) is 2.93. The number of rotatable bonds is 13. The van der Waals surface area contributed by atoms with Crippen molar-refractivity contribution in [2.24, 2.45) is 0 Å². The van der Waals surface area contributed by atoms with Gasteiger partial charge in [0.25, 0.3) is 10.0 Å². The first kappa shape index (κ1) is 31.2. The fourth-order valence-corrected chi connectivity index (χ4v) is 5.92. The van der Waals surface area contributed by atoms with E-state index in [1.807, 2.05) is 52.0 Å². The maximum atomic E-state index is 14.0. The molecule has 1 unspecified atom stereocenters. The van der Waals surface area contributed by atoms with E-state index >= 15 is 0 Å². The smallest absolute Gasteiger partial charge is 0.264 e. The van der Waals surface area contributed by atoms with Gasteiger partial charge in [0, 0.05) is 17.6 Å². The topological polar surface area (TPSA) is 96.0 Å². The highest BCUT2D eigenvalue weighted by Crippen LogP contribution is 2.27. The van der Waals surface area contributed by atoms with Crippen LogP contribution in [0.3, 0.4) is 0 Å². The summed E-state index contributed by atoms with van der Waals surface area (Å²) in [7, 11) is -4.14. The molecule has 3 rings (SSSR count). The van der Waals surface area contributed by atoms with Gasteiger partial charge in [-0.05, 0) is 81.3 Å². The molecule has 1 N–H and O–H groups in total. The minimum Gasteiger partial charge on any atom is -0.494 e. The number of nitrogens with one attached hydrogen (secondary N) is 1. The Hall–Kier alpha value is -3.37. The van der Waals surface area contributed by atoms with Gasteiger partial charge in [0.2, 0.25) is 11.8 Å². The second-order valence-corrected chi connectivity index (χ2v) is 12.0. The lowest BCUT2D eigenvalue weighted by Gasteiger charge is -2.33. The van der Waals surface area contributed by atoms with Gasteiger partial charge < -0.3 is 15.0 Å². The predicted molar refractivity (Wildman–Crippen MR) is 161 cm³/mol. The number of halogens is 1. The summed E-state index contributed by atoms with van der Waals surface area (Å²) < 4.78 is 35.2. The third kappa shape index (κ3) is 7.85. The van der Waals surface area contributed by atoms with Crippen molar-refractivity contribution in [2.75, 3.05) is 24.0 Å². The molecule has 3 aromatic carbocycles. The number of nitrogens with zero attached hydrogens (tertiary/aromatic N) is 2. The van der Waals surface area contributed by atoms with E-state index in [0.717, 1.165) is 19.9 Å². The molecule has 0 radical (unpaired) electrons. The lowest BCUT2D eigenvalue weighted by Crippen LogP contribution is -2.52. The second kappa shape index (κ2) is 14.3. The summed E-state index contributed by atoms with van der Waals surface area (Å²) in [5.74, 6) is -0.191. The van der Waals surface area contributed by atoms with E-state index in [0.29, 0.717) is 31.0 Å². The van der Waals surface area contributed by atoms with Crippen molar-refractivity contribution >= 4 is 43.5 Å². The maximum Gasteiger partial charge on any atom is 0.264 e. The van der Waals surface area contributed by atoms with E-state index in [2.05, 4.69) is 21.2 Å². The molecule has 0 aliphatic heterocycles. The Bertz CT molecular complexity index is 1380. The van der Waals surface area contributed by atoms with Crippen LogP contribution in [0.15, 0.2) is 82.2 Å². The first-order chi connectivity index (χ1) is 19.1. The molecule has 0 saturated heterocycles. The molecular weight excluding hydrogens is 594 g/mol. The lowest BCUT2D eigenvalue weighted by atomic mass is 10.1. The third-order valence-electron chi connectivity index (χ3n) is 6.33. The van der Waals surface area contributed by atoms with Gasteiger partial charge in [-0.1, -0.05) is 52.7 Å². The number of amides is 2. The summed E-state index contributed by atoms with van der Waals surface area (Å²) >= 11 is 3.34. The molecule has 0 aliphatic rings. The monoisotopic (exact) mass is 629 g/mol. The summed E-state index contributed by atoms with van der Waals surface area (Å²) in [6, 6.07) is 19.7. The van der Waals surface area contributed by atoms with Crippen molar-refractivity contribution in [1.82, 2.24) is 10.2 Å². The van der Waals surface area contributed by atoms with E-state index < -0.39 is 28.5 Å². The van der Waals surface area contributed by atoms with Crippen LogP contribution in [0.5, 0.6) is 5.75 Å². The third-order valence-corrected chi connectivity index (χ3v) is 8.64. The number of ether oxygens (including phenoxy) is 1. The summed E-state index contributed by atoms with van der Waals surface area (Å²) in [6.45, 7) is 8.02. The van der Waals surface area contributed by atoms with Crippen molar-refractivity contribution < 1.29 is 22.7 Å². The summed E-state index contributed by atoms with van der Waals surface area (Å²) in [4.78, 5) is 28.5. The molecule has 1 atom stereocenters. The van der Waals surface area contributed by atoms with Crippen molar-refractivity contribution in [3.05, 3.63) is 88.4 Å². The number of sulfonamides is 1. The minimum absolute atomic E-state index is 0.0400. The van der Waals surface area contributed by atoms with Crippen LogP contribution in [0.25, 0.3) is 0 Å². The summed E-state index contributed by atoms with van der Waals surface area (Å²) in [6.07, 6.45) is 0.367. The van der Waals surface area contributed by atoms with Crippen LogP contribution >= 0.6 is 15.9 Å². The fourth-order valence-electron chi connectivity index (χ4n) is 4.24. The number of carbonyl (C=O) groups is 2. The number of hydrogen-bond donors (Lipinski definition) is 1. The van der Waals surface area contributed by atoms with Crippen LogP contribution in [0.2, 0.25) is 0 Å². The SMILES string of the molecule is CCNC(=O)C(CC)N(Cc1ccc(C)cc1)C(=O)CN(c1ccc(OCC)cc1)S(=O)(=O)c1ccc(Br)cc1. The first-order valence-corrected chi connectivity index (χ1v) is 15.5. The Morgan fingerprint density at radius 1 is 0.925 bits per heavy atom. The Morgan fingerprint density at radius 2 is 1.55 bits per heavy atom. The average molecular weight is 631 g/mol. The van der Waals surface area contributed by atoms with Crippen LogP contribution < -0.4 is 14.4 Å². The molecular formula is C30H36BrN3O5S. The highest BCUT2D eigenvalue weighted by molar-refractivity contribution is 9.10. The molecule has 0 fully saturated rings. The fraction of sp³-hybridized carbons (Fsp3) is 0.333. The molecule has 0 aliphatic carbocycles. The Kier molecular flexibility index (Phi) is 11.2.